The number of hydrogen-bond acceptors (Lipinski definition) is 5. The van der Waals surface area contributed by atoms with E-state index in [4.69, 9.17) is 10.3 Å². The van der Waals surface area contributed by atoms with Gasteiger partial charge in [0.15, 0.2) is 0 Å². The minimum absolute atomic E-state index is 0.226. The molecule has 1 aliphatic carbocycles. The summed E-state index contributed by atoms with van der Waals surface area (Å²) < 4.78 is 5.30. The smallest absolute Gasteiger partial charge is 0.230 e. The molecule has 0 amide bonds. The van der Waals surface area contributed by atoms with Gasteiger partial charge in [0.25, 0.3) is 0 Å². The topological polar surface area (TPSA) is 85.2 Å². The molecule has 3 N–H and O–H groups in total. The Labute approximate surface area is 105 Å². The normalized spacial score (nSPS) is 23.4. The summed E-state index contributed by atoms with van der Waals surface area (Å²) >= 11 is 0. The summed E-state index contributed by atoms with van der Waals surface area (Å²) in [5.41, 5.74) is 6.72. The molecule has 3 rings (SSSR count). The third-order valence-electron chi connectivity index (χ3n) is 3.39. The van der Waals surface area contributed by atoms with Crippen molar-refractivity contribution >= 4 is 0 Å². The number of benzene rings is 1. The minimum Gasteiger partial charge on any atom is -0.508 e. The molecule has 0 saturated heterocycles. The monoisotopic (exact) mass is 245 g/mol. The van der Waals surface area contributed by atoms with Crippen LogP contribution in [0.15, 0.2) is 28.8 Å². The number of rotatable bonds is 2. The standard InChI is InChI=1S/C13H15N3O2/c14-10-4-1-9(7-10)13-15-12(16-18-13)8-2-5-11(17)6-3-8/h2-3,5-6,9-10,17H,1,4,7,14H2/t9-,10+/m1/s1. The van der Waals surface area contributed by atoms with Gasteiger partial charge in [-0.25, -0.2) is 0 Å². The van der Waals surface area contributed by atoms with Crippen LogP contribution in [-0.2, 0) is 0 Å². The van der Waals surface area contributed by atoms with Crippen molar-refractivity contribution in [3.63, 3.8) is 0 Å². The van der Waals surface area contributed by atoms with Gasteiger partial charge in [-0.15, -0.1) is 0 Å². The van der Waals surface area contributed by atoms with E-state index in [1.807, 2.05) is 0 Å². The molecule has 2 atom stereocenters. The summed E-state index contributed by atoms with van der Waals surface area (Å²) in [4.78, 5) is 4.41. The molecule has 0 spiro atoms. The fourth-order valence-electron chi connectivity index (χ4n) is 2.37. The van der Waals surface area contributed by atoms with Crippen LogP contribution in [-0.4, -0.2) is 21.3 Å². The minimum atomic E-state index is 0.226. The van der Waals surface area contributed by atoms with E-state index in [-0.39, 0.29) is 11.8 Å². The predicted octanol–water partition coefficient (Wildman–Crippen LogP) is 2.04. The van der Waals surface area contributed by atoms with E-state index in [0.29, 0.717) is 17.6 Å². The lowest BCUT2D eigenvalue weighted by atomic mass is 10.1. The van der Waals surface area contributed by atoms with Gasteiger partial charge in [0.2, 0.25) is 11.7 Å². The zero-order valence-electron chi connectivity index (χ0n) is 9.91. The van der Waals surface area contributed by atoms with Crippen molar-refractivity contribution in [1.29, 1.82) is 0 Å². The van der Waals surface area contributed by atoms with Crippen molar-refractivity contribution in [3.05, 3.63) is 30.2 Å². The largest absolute Gasteiger partial charge is 0.508 e. The van der Waals surface area contributed by atoms with Gasteiger partial charge < -0.3 is 15.4 Å². The summed E-state index contributed by atoms with van der Waals surface area (Å²) in [5.74, 6) is 1.75. The van der Waals surface area contributed by atoms with Gasteiger partial charge in [-0.3, -0.25) is 0 Å². The van der Waals surface area contributed by atoms with Crippen LogP contribution in [0.5, 0.6) is 5.75 Å². The van der Waals surface area contributed by atoms with E-state index in [0.717, 1.165) is 24.8 Å². The third kappa shape index (κ3) is 2.09. The molecule has 5 heteroatoms. The zero-order valence-corrected chi connectivity index (χ0v) is 9.91. The molecule has 94 valence electrons. The van der Waals surface area contributed by atoms with Gasteiger partial charge in [-0.05, 0) is 43.5 Å². The SMILES string of the molecule is N[C@H]1CC[C@@H](c2nc(-c3ccc(O)cc3)no2)C1. The van der Waals surface area contributed by atoms with Crippen molar-refractivity contribution < 1.29 is 9.63 Å². The Hall–Kier alpha value is -1.88. The first-order valence-electron chi connectivity index (χ1n) is 6.11. The summed E-state index contributed by atoms with van der Waals surface area (Å²) in [6.07, 6.45) is 2.94. The third-order valence-corrected chi connectivity index (χ3v) is 3.39. The maximum absolute atomic E-state index is 9.23. The van der Waals surface area contributed by atoms with Gasteiger partial charge in [-0.2, -0.15) is 4.98 Å². The Morgan fingerprint density at radius 2 is 2.00 bits per heavy atom. The molecule has 0 aliphatic heterocycles. The molecule has 18 heavy (non-hydrogen) atoms. The van der Waals surface area contributed by atoms with Gasteiger partial charge >= 0.3 is 0 Å². The lowest BCUT2D eigenvalue weighted by Gasteiger charge is -2.01. The molecule has 1 saturated carbocycles. The predicted molar refractivity (Wildman–Crippen MR) is 66.0 cm³/mol. The van der Waals surface area contributed by atoms with Crippen LogP contribution < -0.4 is 5.73 Å². The highest BCUT2D eigenvalue weighted by Gasteiger charge is 2.27. The second-order valence-electron chi connectivity index (χ2n) is 4.77. The highest BCUT2D eigenvalue weighted by Crippen LogP contribution is 2.33. The van der Waals surface area contributed by atoms with Crippen molar-refractivity contribution in [3.8, 4) is 17.1 Å². The summed E-state index contributed by atoms with van der Waals surface area (Å²) in [6.45, 7) is 0. The Balaban J connectivity index is 1.83. The molecular weight excluding hydrogens is 230 g/mol. The molecule has 1 aliphatic rings. The molecule has 0 radical (unpaired) electrons. The summed E-state index contributed by atoms with van der Waals surface area (Å²) in [5, 5.41) is 13.2. The quantitative estimate of drug-likeness (QED) is 0.845. The molecule has 2 aromatic rings. The van der Waals surface area contributed by atoms with Crippen molar-refractivity contribution in [1.82, 2.24) is 10.1 Å². The van der Waals surface area contributed by atoms with Crippen LogP contribution in [0.1, 0.15) is 31.1 Å². The highest BCUT2D eigenvalue weighted by atomic mass is 16.5. The van der Waals surface area contributed by atoms with Gasteiger partial charge in [-0.1, -0.05) is 5.16 Å². The van der Waals surface area contributed by atoms with E-state index in [1.165, 1.54) is 0 Å². The van der Waals surface area contributed by atoms with Crippen LogP contribution in [0.4, 0.5) is 0 Å². The number of hydrogen-bond donors (Lipinski definition) is 2. The molecule has 5 nitrogen and oxygen atoms in total. The second kappa shape index (κ2) is 4.42. The lowest BCUT2D eigenvalue weighted by Crippen LogP contribution is -2.14. The maximum Gasteiger partial charge on any atom is 0.230 e. The van der Waals surface area contributed by atoms with Gasteiger partial charge in [0.1, 0.15) is 5.75 Å². The number of aromatic hydroxyl groups is 1. The first-order chi connectivity index (χ1) is 8.72. The van der Waals surface area contributed by atoms with E-state index in [9.17, 15) is 5.11 Å². The van der Waals surface area contributed by atoms with Crippen molar-refractivity contribution in [2.75, 3.05) is 0 Å². The number of nitrogens with two attached hydrogens (primary N) is 1. The number of phenols is 1. The molecule has 1 heterocycles. The van der Waals surface area contributed by atoms with Crippen LogP contribution in [0, 0.1) is 0 Å². The van der Waals surface area contributed by atoms with Crippen molar-refractivity contribution in [2.45, 2.75) is 31.2 Å². The fourth-order valence-corrected chi connectivity index (χ4v) is 2.37. The summed E-state index contributed by atoms with van der Waals surface area (Å²) in [7, 11) is 0. The first kappa shape index (κ1) is 11.2. The van der Waals surface area contributed by atoms with E-state index in [2.05, 4.69) is 10.1 Å². The molecule has 0 unspecified atom stereocenters. The van der Waals surface area contributed by atoms with Crippen LogP contribution in [0.25, 0.3) is 11.4 Å². The average Bonchev–Trinajstić information content (AvgIpc) is 2.98. The first-order valence-corrected chi connectivity index (χ1v) is 6.11. The number of nitrogens with zero attached hydrogens (tertiary/aromatic N) is 2. The molecule has 0 bridgehead atoms. The zero-order chi connectivity index (χ0) is 12.5. The van der Waals surface area contributed by atoms with Crippen LogP contribution in [0.2, 0.25) is 0 Å². The molecule has 1 aromatic heterocycles. The molecule has 1 aromatic carbocycles. The van der Waals surface area contributed by atoms with Crippen LogP contribution in [0.3, 0.4) is 0 Å². The average molecular weight is 245 g/mol. The number of phenolic OH excluding ortho intramolecular Hbond substituents is 1. The molecular formula is C13H15N3O2. The van der Waals surface area contributed by atoms with Crippen molar-refractivity contribution in [2.24, 2.45) is 5.73 Å². The Morgan fingerprint density at radius 1 is 1.22 bits per heavy atom. The second-order valence-corrected chi connectivity index (χ2v) is 4.77. The van der Waals surface area contributed by atoms with E-state index in [1.54, 1.807) is 24.3 Å². The van der Waals surface area contributed by atoms with Gasteiger partial charge in [0, 0.05) is 17.5 Å². The Kier molecular flexibility index (Phi) is 2.76. The van der Waals surface area contributed by atoms with Crippen LogP contribution >= 0.6 is 0 Å². The lowest BCUT2D eigenvalue weighted by molar-refractivity contribution is 0.353. The van der Waals surface area contributed by atoms with E-state index >= 15 is 0 Å². The Bertz CT molecular complexity index is 535. The maximum atomic E-state index is 9.23. The Morgan fingerprint density at radius 3 is 2.67 bits per heavy atom. The molecule has 1 fully saturated rings. The van der Waals surface area contributed by atoms with E-state index < -0.39 is 0 Å². The summed E-state index contributed by atoms with van der Waals surface area (Å²) in [6, 6.07) is 7.00. The fraction of sp³-hybridized carbons (Fsp3) is 0.385. The van der Waals surface area contributed by atoms with Gasteiger partial charge in [0.05, 0.1) is 0 Å². The number of aromatic nitrogens is 2. The highest BCUT2D eigenvalue weighted by molar-refractivity contribution is 5.55.